The van der Waals surface area contributed by atoms with E-state index in [9.17, 15) is 4.79 Å². The van der Waals surface area contributed by atoms with Crippen LogP contribution in [0.15, 0.2) is 6.20 Å². The van der Waals surface area contributed by atoms with E-state index in [4.69, 9.17) is 28.5 Å². The molecule has 1 heterocycles. The second kappa shape index (κ2) is 3.55. The van der Waals surface area contributed by atoms with E-state index in [1.165, 1.54) is 6.20 Å². The highest BCUT2D eigenvalue weighted by molar-refractivity contribution is 6.29. The zero-order chi connectivity index (χ0) is 9.14. The molecule has 0 aliphatic heterocycles. The summed E-state index contributed by atoms with van der Waals surface area (Å²) in [6, 6.07) is 0. The summed E-state index contributed by atoms with van der Waals surface area (Å²) in [6.07, 6.45) is 1.19. The molecule has 0 amide bonds. The first kappa shape index (κ1) is 9.02. The van der Waals surface area contributed by atoms with Gasteiger partial charge in [0.25, 0.3) is 0 Å². The number of nitrogens with zero attached hydrogens (tertiary/aromatic N) is 2. The van der Waals surface area contributed by atoms with E-state index in [-0.39, 0.29) is 16.7 Å². The second-order valence-electron chi connectivity index (χ2n) is 1.79. The maximum Gasteiger partial charge on any atom is 0.358 e. The first-order valence-electron chi connectivity index (χ1n) is 2.77. The number of aromatic carboxylic acids is 1. The van der Waals surface area contributed by atoms with Crippen LogP contribution in [0.25, 0.3) is 0 Å². The summed E-state index contributed by atoms with van der Waals surface area (Å²) in [5.41, 5.74) is -0.308. The fourth-order valence-corrected chi connectivity index (χ4v) is 0.857. The standard InChI is InChI=1S/C5H3Cl2N3O2/c6-2-1-8-4(10-7)3(9-2)5(11)12/h1H,(H,8,10)(H,11,12). The lowest BCUT2D eigenvalue weighted by Crippen LogP contribution is -2.05. The average molecular weight is 208 g/mol. The number of hydrogen-bond donors (Lipinski definition) is 2. The number of aromatic nitrogens is 2. The lowest BCUT2D eigenvalue weighted by Gasteiger charge is -2.00. The van der Waals surface area contributed by atoms with Crippen LogP contribution in [0.2, 0.25) is 5.15 Å². The zero-order valence-corrected chi connectivity index (χ0v) is 7.10. The van der Waals surface area contributed by atoms with Crippen LogP contribution in [0.5, 0.6) is 0 Å². The van der Waals surface area contributed by atoms with Crippen molar-refractivity contribution in [1.29, 1.82) is 0 Å². The molecule has 7 heteroatoms. The first-order chi connectivity index (χ1) is 5.65. The molecule has 5 nitrogen and oxygen atoms in total. The molecule has 0 bridgehead atoms. The normalized spacial score (nSPS) is 9.50. The number of carbonyl (C=O) groups is 1. The molecule has 1 aromatic heterocycles. The first-order valence-corrected chi connectivity index (χ1v) is 3.53. The Kier molecular flexibility index (Phi) is 2.67. The van der Waals surface area contributed by atoms with Crippen molar-refractivity contribution in [2.75, 3.05) is 4.84 Å². The molecule has 0 saturated heterocycles. The molecule has 2 N–H and O–H groups in total. The minimum absolute atomic E-state index is 0.00284. The maximum absolute atomic E-state index is 10.5. The van der Waals surface area contributed by atoms with Gasteiger partial charge in [0, 0.05) is 11.8 Å². The molecule has 64 valence electrons. The topological polar surface area (TPSA) is 75.1 Å². The van der Waals surface area contributed by atoms with E-state index in [0.29, 0.717) is 0 Å². The highest BCUT2D eigenvalue weighted by atomic mass is 35.5. The molecule has 0 aromatic carbocycles. The van der Waals surface area contributed by atoms with E-state index >= 15 is 0 Å². The van der Waals surface area contributed by atoms with Gasteiger partial charge in [0.2, 0.25) is 0 Å². The van der Waals surface area contributed by atoms with Gasteiger partial charge in [-0.05, 0) is 0 Å². The third-order valence-corrected chi connectivity index (χ3v) is 1.40. The van der Waals surface area contributed by atoms with Gasteiger partial charge in [0.05, 0.1) is 6.20 Å². The van der Waals surface area contributed by atoms with Crippen LogP contribution in [0.3, 0.4) is 0 Å². The van der Waals surface area contributed by atoms with Crippen LogP contribution in [0.4, 0.5) is 5.82 Å². The van der Waals surface area contributed by atoms with Crippen molar-refractivity contribution in [3.8, 4) is 0 Å². The van der Waals surface area contributed by atoms with Crippen molar-refractivity contribution < 1.29 is 9.90 Å². The number of hydrogen-bond acceptors (Lipinski definition) is 4. The van der Waals surface area contributed by atoms with E-state index in [2.05, 4.69) is 14.8 Å². The molecule has 0 saturated carbocycles. The second-order valence-corrected chi connectivity index (χ2v) is 2.37. The Morgan fingerprint density at radius 1 is 1.67 bits per heavy atom. The van der Waals surface area contributed by atoms with Gasteiger partial charge in [-0.1, -0.05) is 11.6 Å². The molecular weight excluding hydrogens is 205 g/mol. The quantitative estimate of drug-likeness (QED) is 0.718. The van der Waals surface area contributed by atoms with E-state index in [1.807, 2.05) is 0 Å². The summed E-state index contributed by atoms with van der Waals surface area (Å²) in [4.78, 5) is 19.6. The van der Waals surface area contributed by atoms with Gasteiger partial charge in [-0.15, -0.1) is 0 Å². The van der Waals surface area contributed by atoms with Crippen LogP contribution in [0.1, 0.15) is 10.5 Å². The van der Waals surface area contributed by atoms with Gasteiger partial charge in [-0.2, -0.15) is 0 Å². The Morgan fingerprint density at radius 3 is 2.83 bits per heavy atom. The molecule has 0 unspecified atom stereocenters. The summed E-state index contributed by atoms with van der Waals surface area (Å²) in [6.45, 7) is 0. The molecule has 0 radical (unpaired) electrons. The van der Waals surface area contributed by atoms with E-state index in [1.54, 1.807) is 0 Å². The molecule has 0 spiro atoms. The van der Waals surface area contributed by atoms with Crippen LogP contribution in [-0.2, 0) is 0 Å². The lowest BCUT2D eigenvalue weighted by molar-refractivity contribution is 0.0691. The van der Waals surface area contributed by atoms with Gasteiger partial charge in [0.15, 0.2) is 11.5 Å². The molecule has 1 aromatic rings. The highest BCUT2D eigenvalue weighted by Gasteiger charge is 2.13. The third kappa shape index (κ3) is 1.75. The molecule has 0 aliphatic carbocycles. The minimum Gasteiger partial charge on any atom is -0.476 e. The summed E-state index contributed by atoms with van der Waals surface area (Å²) < 4.78 is 0. The van der Waals surface area contributed by atoms with Gasteiger partial charge >= 0.3 is 5.97 Å². The molecule has 1 rings (SSSR count). The molecule has 0 atom stereocenters. The number of anilines is 1. The lowest BCUT2D eigenvalue weighted by atomic mass is 10.4. The molecule has 0 aliphatic rings. The number of nitrogens with one attached hydrogen (secondary N) is 1. The Bertz CT molecular complexity index is 318. The van der Waals surface area contributed by atoms with Crippen molar-refractivity contribution in [3.05, 3.63) is 17.0 Å². The van der Waals surface area contributed by atoms with Gasteiger partial charge in [0.1, 0.15) is 5.15 Å². The fourth-order valence-electron chi connectivity index (χ4n) is 0.586. The molecular formula is C5H3Cl2N3O2. The summed E-state index contributed by atoms with van der Waals surface area (Å²) in [7, 11) is 0. The number of halogens is 2. The van der Waals surface area contributed by atoms with Crippen LogP contribution in [-0.4, -0.2) is 21.0 Å². The van der Waals surface area contributed by atoms with E-state index < -0.39 is 5.97 Å². The Morgan fingerprint density at radius 2 is 2.33 bits per heavy atom. The maximum atomic E-state index is 10.5. The van der Waals surface area contributed by atoms with Crippen LogP contribution < -0.4 is 4.84 Å². The van der Waals surface area contributed by atoms with Crippen molar-refractivity contribution in [1.82, 2.24) is 9.97 Å². The van der Waals surface area contributed by atoms with Crippen LogP contribution in [0, 0.1) is 0 Å². The monoisotopic (exact) mass is 207 g/mol. The van der Waals surface area contributed by atoms with Crippen molar-refractivity contribution in [2.24, 2.45) is 0 Å². The van der Waals surface area contributed by atoms with Crippen molar-refractivity contribution in [2.45, 2.75) is 0 Å². The summed E-state index contributed by atoms with van der Waals surface area (Å²) >= 11 is 10.6. The molecule has 0 fully saturated rings. The van der Waals surface area contributed by atoms with Gasteiger partial charge < -0.3 is 5.11 Å². The zero-order valence-electron chi connectivity index (χ0n) is 5.58. The molecule has 12 heavy (non-hydrogen) atoms. The predicted molar refractivity (Wildman–Crippen MR) is 43.5 cm³/mol. The Hall–Kier alpha value is -1.07. The number of carboxylic acid groups (broad SMARTS) is 1. The van der Waals surface area contributed by atoms with Crippen LogP contribution >= 0.6 is 23.4 Å². The van der Waals surface area contributed by atoms with Gasteiger partial charge in [-0.3, -0.25) is 4.84 Å². The third-order valence-electron chi connectivity index (χ3n) is 1.04. The Labute approximate surface area is 77.5 Å². The summed E-state index contributed by atoms with van der Waals surface area (Å²) in [5, 5.41) is 8.56. The fraction of sp³-hybridized carbons (Fsp3) is 0. The average Bonchev–Trinajstić information content (AvgIpc) is 2.04. The highest BCUT2D eigenvalue weighted by Crippen LogP contribution is 2.13. The minimum atomic E-state index is -1.24. The number of carboxylic acids is 1. The largest absolute Gasteiger partial charge is 0.476 e. The Balaban J connectivity index is 3.21. The number of rotatable bonds is 2. The predicted octanol–water partition coefficient (Wildman–Crippen LogP) is 1.39. The van der Waals surface area contributed by atoms with Gasteiger partial charge in [-0.25, -0.2) is 14.8 Å². The summed E-state index contributed by atoms with van der Waals surface area (Å²) in [5.74, 6) is -1.28. The SMILES string of the molecule is O=C(O)c1nc(Cl)cnc1NCl. The smallest absolute Gasteiger partial charge is 0.358 e. The van der Waals surface area contributed by atoms with E-state index in [0.717, 1.165) is 0 Å². The van der Waals surface area contributed by atoms with Crippen molar-refractivity contribution in [3.63, 3.8) is 0 Å². The van der Waals surface area contributed by atoms with Crippen molar-refractivity contribution >= 4 is 35.2 Å².